The summed E-state index contributed by atoms with van der Waals surface area (Å²) in [7, 11) is 0. The predicted octanol–water partition coefficient (Wildman–Crippen LogP) is 12.2. The molecular weight excluding hydrogens is 693 g/mol. The molecule has 9 aromatic rings. The van der Waals surface area contributed by atoms with E-state index >= 15 is 0 Å². The average Bonchev–Trinajstić information content (AvgIpc) is 3.77. The fourth-order valence-electron chi connectivity index (χ4n) is 8.76. The van der Waals surface area contributed by atoms with Crippen LogP contribution in [0.5, 0.6) is 0 Å². The second kappa shape index (κ2) is 14.3. The Balaban J connectivity index is 1.14. The van der Waals surface area contributed by atoms with Gasteiger partial charge in [-0.25, -0.2) is 9.98 Å². The molecule has 270 valence electrons. The van der Waals surface area contributed by atoms with Crippen LogP contribution in [0.2, 0.25) is 0 Å². The third-order valence-electron chi connectivity index (χ3n) is 11.3. The first-order valence-corrected chi connectivity index (χ1v) is 19.3. The Morgan fingerprint density at radius 1 is 0.474 bits per heavy atom. The summed E-state index contributed by atoms with van der Waals surface area (Å²) in [6.45, 7) is 4.44. The van der Waals surface area contributed by atoms with Crippen molar-refractivity contribution in [1.29, 1.82) is 0 Å². The van der Waals surface area contributed by atoms with Crippen LogP contribution in [-0.4, -0.2) is 23.0 Å². The van der Waals surface area contributed by atoms with Crippen molar-refractivity contribution in [3.63, 3.8) is 0 Å². The molecule has 0 radical (unpaired) electrons. The van der Waals surface area contributed by atoms with Gasteiger partial charge >= 0.3 is 0 Å². The second-order valence-corrected chi connectivity index (χ2v) is 14.4. The number of hydrogen-bond acceptors (Lipinski definition) is 1. The van der Waals surface area contributed by atoms with Crippen molar-refractivity contribution < 1.29 is 0 Å². The van der Waals surface area contributed by atoms with E-state index in [1.807, 2.05) is 48.5 Å². The van der Waals surface area contributed by atoms with Crippen LogP contribution in [0, 0.1) is 0 Å². The molecule has 10 rings (SSSR count). The molecule has 0 atom stereocenters. The zero-order valence-corrected chi connectivity index (χ0v) is 31.3. The van der Waals surface area contributed by atoms with Gasteiger partial charge in [0.1, 0.15) is 0 Å². The van der Waals surface area contributed by atoms with Crippen LogP contribution < -0.4 is 0 Å². The van der Waals surface area contributed by atoms with E-state index in [2.05, 4.69) is 174 Å². The quantitative estimate of drug-likeness (QED) is 0.116. The molecule has 57 heavy (non-hydrogen) atoms. The molecule has 1 aliphatic carbocycles. The van der Waals surface area contributed by atoms with E-state index in [4.69, 9.17) is 9.98 Å². The maximum atomic E-state index is 5.01. The fraction of sp³-hybridized carbons (Fsp3) is 0.0377. The molecule has 0 fully saturated rings. The molecule has 8 aromatic carbocycles. The lowest BCUT2D eigenvalue weighted by Crippen LogP contribution is -2.28. The van der Waals surface area contributed by atoms with Crippen molar-refractivity contribution >= 4 is 40.2 Å². The number of rotatable bonds is 7. The van der Waals surface area contributed by atoms with E-state index in [0.29, 0.717) is 18.2 Å². The van der Waals surface area contributed by atoms with Crippen LogP contribution in [-0.2, 0) is 12.0 Å². The molecule has 0 unspecified atom stereocenters. The van der Waals surface area contributed by atoms with Gasteiger partial charge in [-0.2, -0.15) is 0 Å². The van der Waals surface area contributed by atoms with Crippen molar-refractivity contribution in [3.05, 3.63) is 245 Å². The monoisotopic (exact) mass is 730 g/mol. The predicted molar refractivity (Wildman–Crippen MR) is 237 cm³/mol. The zero-order valence-electron chi connectivity index (χ0n) is 31.3. The second-order valence-electron chi connectivity index (χ2n) is 14.4. The first-order chi connectivity index (χ1) is 28.2. The van der Waals surface area contributed by atoms with Crippen LogP contribution in [0.15, 0.2) is 221 Å². The highest BCUT2D eigenvalue weighted by atomic mass is 15.0. The number of aliphatic imine (C=N–C) groups is 3. The van der Waals surface area contributed by atoms with E-state index in [0.717, 1.165) is 33.4 Å². The minimum atomic E-state index is -0.493. The van der Waals surface area contributed by atoms with Gasteiger partial charge in [0.15, 0.2) is 11.7 Å². The summed E-state index contributed by atoms with van der Waals surface area (Å²) < 4.78 is 2.40. The molecule has 4 nitrogen and oxygen atoms in total. The first-order valence-electron chi connectivity index (χ1n) is 19.3. The van der Waals surface area contributed by atoms with Gasteiger partial charge in [0.25, 0.3) is 0 Å². The van der Waals surface area contributed by atoms with Crippen molar-refractivity contribution in [1.82, 2.24) is 4.57 Å². The lowest BCUT2D eigenvalue weighted by molar-refractivity contribution is 0.769. The highest BCUT2D eigenvalue weighted by Gasteiger charge is 2.46. The smallest absolute Gasteiger partial charge is 0.161 e. The Labute approximate surface area is 332 Å². The van der Waals surface area contributed by atoms with E-state index < -0.39 is 5.41 Å². The van der Waals surface area contributed by atoms with Gasteiger partial charge in [0, 0.05) is 27.6 Å². The van der Waals surface area contributed by atoms with Gasteiger partial charge in [0.05, 0.1) is 23.0 Å². The summed E-state index contributed by atoms with van der Waals surface area (Å²) in [4.78, 5) is 14.4. The van der Waals surface area contributed by atoms with Crippen LogP contribution in [0.3, 0.4) is 0 Å². The number of fused-ring (bicyclic) bond motifs is 6. The molecule has 0 saturated heterocycles. The number of benzene rings is 8. The lowest BCUT2D eigenvalue weighted by Gasteiger charge is -2.34. The maximum absolute atomic E-state index is 5.01. The standard InChI is InChI=1S/C53H38N4/c1-54-51(56-52(38-20-8-3-9-21-38)55-36-37-18-6-2-7-19-37)39-30-32-42(33-31-39)57-49-29-17-15-27-44(49)46-34-45-43-26-14-16-28-47(43)53(48(45)35-50(46)57,40-22-10-4-11-23-40)41-24-12-5-13-25-41/h2-35H,1,36H2. The number of amidine groups is 2. The Morgan fingerprint density at radius 2 is 1.05 bits per heavy atom. The molecule has 0 spiro atoms. The largest absolute Gasteiger partial charge is 0.309 e. The molecule has 0 N–H and O–H groups in total. The molecule has 0 aliphatic heterocycles. The number of aromatic nitrogens is 1. The molecule has 0 amide bonds. The SMILES string of the molecule is C=NC(=NC(=NCc1ccccc1)c1ccccc1)c1ccc(-n2c3ccccc3c3cc4c(cc32)C(c2ccccc2)(c2ccccc2)c2ccccc2-4)cc1. The Kier molecular flexibility index (Phi) is 8.57. The average molecular weight is 731 g/mol. The minimum Gasteiger partial charge on any atom is -0.309 e. The fourth-order valence-corrected chi connectivity index (χ4v) is 8.76. The van der Waals surface area contributed by atoms with Crippen LogP contribution in [0.25, 0.3) is 38.6 Å². The topological polar surface area (TPSA) is 42.0 Å². The Morgan fingerprint density at radius 3 is 1.74 bits per heavy atom. The third-order valence-corrected chi connectivity index (χ3v) is 11.3. The van der Waals surface area contributed by atoms with E-state index in [9.17, 15) is 0 Å². The van der Waals surface area contributed by atoms with Gasteiger partial charge in [-0.15, -0.1) is 0 Å². The number of para-hydroxylation sites is 1. The molecule has 1 aliphatic rings. The summed E-state index contributed by atoms with van der Waals surface area (Å²) in [6, 6.07) is 73.3. The number of nitrogens with zero attached hydrogens (tertiary/aromatic N) is 4. The van der Waals surface area contributed by atoms with Crippen LogP contribution in [0.1, 0.15) is 38.9 Å². The van der Waals surface area contributed by atoms with Crippen LogP contribution in [0.4, 0.5) is 0 Å². The highest BCUT2D eigenvalue weighted by molar-refractivity contribution is 6.14. The van der Waals surface area contributed by atoms with Gasteiger partial charge in [-0.05, 0) is 88.1 Å². The molecular formula is C53H38N4. The Bertz CT molecular complexity index is 2920. The van der Waals surface area contributed by atoms with Gasteiger partial charge in [-0.3, -0.25) is 4.99 Å². The van der Waals surface area contributed by atoms with E-state index in [-0.39, 0.29) is 0 Å². The van der Waals surface area contributed by atoms with Crippen molar-refractivity contribution in [3.8, 4) is 16.8 Å². The summed E-state index contributed by atoms with van der Waals surface area (Å²) in [5, 5.41) is 2.43. The molecule has 1 heterocycles. The molecule has 0 saturated carbocycles. The minimum absolute atomic E-state index is 0.493. The number of hydrogen-bond donors (Lipinski definition) is 0. The molecule has 0 bridgehead atoms. The van der Waals surface area contributed by atoms with E-state index in [1.165, 1.54) is 44.2 Å². The van der Waals surface area contributed by atoms with E-state index in [1.54, 1.807) is 0 Å². The molecule has 1 aromatic heterocycles. The summed E-state index contributed by atoms with van der Waals surface area (Å²) in [5.41, 5.74) is 13.4. The lowest BCUT2D eigenvalue weighted by atomic mass is 9.67. The summed E-state index contributed by atoms with van der Waals surface area (Å²) in [5.74, 6) is 1.13. The maximum Gasteiger partial charge on any atom is 0.161 e. The Hall–Kier alpha value is -7.43. The van der Waals surface area contributed by atoms with Gasteiger partial charge in [0.2, 0.25) is 0 Å². The van der Waals surface area contributed by atoms with Crippen molar-refractivity contribution in [2.45, 2.75) is 12.0 Å². The van der Waals surface area contributed by atoms with Crippen molar-refractivity contribution in [2.24, 2.45) is 15.0 Å². The first kappa shape index (κ1) is 34.1. The van der Waals surface area contributed by atoms with Crippen molar-refractivity contribution in [2.75, 3.05) is 0 Å². The highest BCUT2D eigenvalue weighted by Crippen LogP contribution is 2.57. The summed E-state index contributed by atoms with van der Waals surface area (Å²) >= 11 is 0. The normalized spacial score (nSPS) is 13.4. The van der Waals surface area contributed by atoms with Crippen LogP contribution >= 0.6 is 0 Å². The van der Waals surface area contributed by atoms with Gasteiger partial charge < -0.3 is 4.57 Å². The van der Waals surface area contributed by atoms with Gasteiger partial charge in [-0.1, -0.05) is 164 Å². The zero-order chi connectivity index (χ0) is 38.2. The summed E-state index contributed by atoms with van der Waals surface area (Å²) in [6.07, 6.45) is 0. The molecule has 4 heteroatoms. The third kappa shape index (κ3) is 5.73.